The number of hydrogen-bond acceptors (Lipinski definition) is 7. The van der Waals surface area contributed by atoms with Crippen molar-refractivity contribution in [2.45, 2.75) is 0 Å². The Hall–Kier alpha value is -4.94. The van der Waals surface area contributed by atoms with Crippen molar-refractivity contribution >= 4 is 47.3 Å². The first-order valence-corrected chi connectivity index (χ1v) is 9.03. The van der Waals surface area contributed by atoms with Crippen LogP contribution in [0.2, 0.25) is 0 Å². The minimum absolute atomic E-state index is 0.0153. The Morgan fingerprint density at radius 2 is 1.06 bits per heavy atom. The molecule has 0 saturated carbocycles. The molecule has 0 aromatic heterocycles. The van der Waals surface area contributed by atoms with Gasteiger partial charge in [-0.3, -0.25) is 19.4 Å². The van der Waals surface area contributed by atoms with Crippen molar-refractivity contribution in [3.8, 4) is 0 Å². The number of hydrogen-bond donors (Lipinski definition) is 4. The van der Waals surface area contributed by atoms with E-state index in [0.29, 0.717) is 9.80 Å². The Morgan fingerprint density at radius 1 is 0.697 bits per heavy atom. The van der Waals surface area contributed by atoms with Crippen LogP contribution in [0.4, 0.5) is 21.0 Å². The van der Waals surface area contributed by atoms with Crippen molar-refractivity contribution in [3.05, 3.63) is 59.7 Å². The molecule has 0 unspecified atom stereocenters. The van der Waals surface area contributed by atoms with Crippen LogP contribution >= 0.6 is 0 Å². The fraction of sp³-hybridized carbons (Fsp3) is 0.100. The van der Waals surface area contributed by atoms with Crippen LogP contribution in [-0.4, -0.2) is 59.2 Å². The second kappa shape index (κ2) is 10.4. The van der Waals surface area contributed by atoms with Gasteiger partial charge in [-0.05, 0) is 36.4 Å². The summed E-state index contributed by atoms with van der Waals surface area (Å²) >= 11 is 0. The van der Waals surface area contributed by atoms with Gasteiger partial charge in [-0.15, -0.1) is 0 Å². The summed E-state index contributed by atoms with van der Waals surface area (Å²) < 4.78 is 4.54. The Kier molecular flexibility index (Phi) is 7.66. The SMILES string of the molecule is NC(=O)c1cccc(N(CC(=O)OC(=O)CN(C(=O)O)c2cccc(C(N)=O)c2)C(=O)O)c1. The first-order valence-electron chi connectivity index (χ1n) is 9.03. The predicted molar refractivity (Wildman–Crippen MR) is 112 cm³/mol. The van der Waals surface area contributed by atoms with Gasteiger partial charge in [0.2, 0.25) is 11.8 Å². The molecule has 172 valence electrons. The lowest BCUT2D eigenvalue weighted by atomic mass is 10.2. The molecule has 0 aliphatic rings. The number of rotatable bonds is 8. The number of primary amides is 2. The Bertz CT molecular complexity index is 1040. The average Bonchev–Trinajstić information content (AvgIpc) is 2.75. The molecule has 0 aliphatic heterocycles. The lowest BCUT2D eigenvalue weighted by molar-refractivity contribution is -0.157. The van der Waals surface area contributed by atoms with E-state index in [0.717, 1.165) is 12.1 Å². The van der Waals surface area contributed by atoms with E-state index in [1.165, 1.54) is 36.4 Å². The summed E-state index contributed by atoms with van der Waals surface area (Å²) in [6.45, 7) is -1.87. The second-order valence-electron chi connectivity index (χ2n) is 6.41. The fourth-order valence-corrected chi connectivity index (χ4v) is 2.64. The number of nitrogens with two attached hydrogens (primary N) is 2. The largest absolute Gasteiger partial charge is 0.465 e. The maximum atomic E-state index is 12.1. The molecule has 0 heterocycles. The summed E-state index contributed by atoms with van der Waals surface area (Å²) in [5, 5.41) is 18.7. The van der Waals surface area contributed by atoms with E-state index < -0.39 is 49.0 Å². The van der Waals surface area contributed by atoms with E-state index in [1.807, 2.05) is 0 Å². The van der Waals surface area contributed by atoms with Crippen molar-refractivity contribution in [2.75, 3.05) is 22.9 Å². The first kappa shape index (κ1) is 24.3. The lowest BCUT2D eigenvalue weighted by Crippen LogP contribution is -2.39. The predicted octanol–water partition coefficient (Wildman–Crippen LogP) is 0.623. The van der Waals surface area contributed by atoms with Crippen LogP contribution < -0.4 is 21.3 Å². The highest BCUT2D eigenvalue weighted by atomic mass is 16.6. The first-order chi connectivity index (χ1) is 15.5. The summed E-state index contributed by atoms with van der Waals surface area (Å²) in [5.41, 5.74) is 10.1. The van der Waals surface area contributed by atoms with Gasteiger partial charge < -0.3 is 26.4 Å². The van der Waals surface area contributed by atoms with E-state index in [4.69, 9.17) is 11.5 Å². The van der Waals surface area contributed by atoms with Crippen LogP contribution in [-0.2, 0) is 14.3 Å². The highest BCUT2D eigenvalue weighted by molar-refractivity contribution is 6.00. The molecule has 0 radical (unpaired) electrons. The van der Waals surface area contributed by atoms with Gasteiger partial charge >= 0.3 is 24.1 Å². The molecule has 0 saturated heterocycles. The molecule has 6 N–H and O–H groups in total. The van der Waals surface area contributed by atoms with E-state index in [2.05, 4.69) is 4.74 Å². The average molecular weight is 458 g/mol. The van der Waals surface area contributed by atoms with Crippen LogP contribution in [0.1, 0.15) is 20.7 Å². The van der Waals surface area contributed by atoms with Gasteiger partial charge in [0.15, 0.2) is 0 Å². The maximum Gasteiger partial charge on any atom is 0.412 e. The monoisotopic (exact) mass is 458 g/mol. The van der Waals surface area contributed by atoms with Crippen LogP contribution in [0, 0.1) is 0 Å². The van der Waals surface area contributed by atoms with Gasteiger partial charge in [0.25, 0.3) is 0 Å². The van der Waals surface area contributed by atoms with Gasteiger partial charge in [-0.25, -0.2) is 19.2 Å². The standard InChI is InChI=1S/C20H18N4O9/c21-17(27)11-3-1-5-13(7-11)23(19(29)30)9-15(25)33-16(26)10-24(20(31)32)14-6-2-4-12(8-14)18(22)28/h1-8H,9-10H2,(H2,21,27)(H2,22,28)(H,29,30)(H,31,32). The van der Waals surface area contributed by atoms with E-state index >= 15 is 0 Å². The third kappa shape index (κ3) is 6.52. The van der Waals surface area contributed by atoms with Crippen molar-refractivity contribution < 1.29 is 43.7 Å². The van der Waals surface area contributed by atoms with Crippen LogP contribution in [0.5, 0.6) is 0 Å². The van der Waals surface area contributed by atoms with Gasteiger partial charge in [-0.2, -0.15) is 0 Å². The topological polar surface area (TPSA) is 211 Å². The fourth-order valence-electron chi connectivity index (χ4n) is 2.64. The van der Waals surface area contributed by atoms with Crippen molar-refractivity contribution in [3.63, 3.8) is 0 Å². The minimum Gasteiger partial charge on any atom is -0.465 e. The number of anilines is 2. The molecule has 0 atom stereocenters. The molecule has 0 aliphatic carbocycles. The summed E-state index contributed by atoms with van der Waals surface area (Å²) in [5.74, 6) is -4.26. The molecule has 4 amide bonds. The van der Waals surface area contributed by atoms with Gasteiger partial charge in [0.1, 0.15) is 13.1 Å². The molecule has 2 aromatic carbocycles. The van der Waals surface area contributed by atoms with Crippen molar-refractivity contribution in [1.29, 1.82) is 0 Å². The number of carbonyl (C=O) groups excluding carboxylic acids is 4. The molecule has 13 nitrogen and oxygen atoms in total. The van der Waals surface area contributed by atoms with Crippen LogP contribution in [0.3, 0.4) is 0 Å². The van der Waals surface area contributed by atoms with E-state index in [-0.39, 0.29) is 22.5 Å². The molecular formula is C20H18N4O9. The van der Waals surface area contributed by atoms with Crippen LogP contribution in [0.15, 0.2) is 48.5 Å². The van der Waals surface area contributed by atoms with Gasteiger partial charge in [-0.1, -0.05) is 12.1 Å². The van der Waals surface area contributed by atoms with Crippen molar-refractivity contribution in [1.82, 2.24) is 0 Å². The van der Waals surface area contributed by atoms with Crippen molar-refractivity contribution in [2.24, 2.45) is 11.5 Å². The van der Waals surface area contributed by atoms with E-state index in [9.17, 15) is 39.0 Å². The number of carboxylic acid groups (broad SMARTS) is 2. The van der Waals surface area contributed by atoms with Gasteiger partial charge in [0.05, 0.1) is 0 Å². The Labute approximate surface area is 185 Å². The van der Waals surface area contributed by atoms with Gasteiger partial charge in [0, 0.05) is 22.5 Å². The zero-order chi connectivity index (χ0) is 24.7. The number of esters is 2. The number of carbonyl (C=O) groups is 6. The molecule has 2 rings (SSSR count). The number of amides is 4. The summed E-state index contributed by atoms with van der Waals surface area (Å²) in [6, 6.07) is 10.2. The lowest BCUT2D eigenvalue weighted by Gasteiger charge is -2.20. The molecular weight excluding hydrogens is 440 g/mol. The summed E-state index contributed by atoms with van der Waals surface area (Å²) in [4.78, 5) is 70.9. The Morgan fingerprint density at radius 3 is 1.36 bits per heavy atom. The molecule has 2 aromatic rings. The normalized spacial score (nSPS) is 10.1. The molecule has 0 bridgehead atoms. The summed E-state index contributed by atoms with van der Waals surface area (Å²) in [6.07, 6.45) is -3.17. The minimum atomic E-state index is -1.59. The van der Waals surface area contributed by atoms with Crippen LogP contribution in [0.25, 0.3) is 0 Å². The Balaban J connectivity index is 2.12. The number of nitrogens with zero attached hydrogens (tertiary/aromatic N) is 2. The zero-order valence-electron chi connectivity index (χ0n) is 16.8. The smallest absolute Gasteiger partial charge is 0.412 e. The molecule has 0 fully saturated rings. The highest BCUT2D eigenvalue weighted by Gasteiger charge is 2.25. The molecule has 33 heavy (non-hydrogen) atoms. The van der Waals surface area contributed by atoms with E-state index in [1.54, 1.807) is 0 Å². The summed E-state index contributed by atoms with van der Waals surface area (Å²) in [7, 11) is 0. The highest BCUT2D eigenvalue weighted by Crippen LogP contribution is 2.18. The molecule has 13 heteroatoms. The number of benzene rings is 2. The second-order valence-corrected chi connectivity index (χ2v) is 6.41. The zero-order valence-corrected chi connectivity index (χ0v) is 16.8. The number of ether oxygens (including phenoxy) is 1. The molecule has 0 spiro atoms. The quantitative estimate of drug-likeness (QED) is 0.322. The third-order valence-electron chi connectivity index (χ3n) is 4.15. The third-order valence-corrected chi connectivity index (χ3v) is 4.15. The maximum absolute atomic E-state index is 12.1.